The summed E-state index contributed by atoms with van der Waals surface area (Å²) < 4.78 is 6.90. The third kappa shape index (κ3) is 2.15. The number of amides is 1. The lowest BCUT2D eigenvalue weighted by Gasteiger charge is -2.28. The molecule has 3 aromatic heterocycles. The molecule has 0 bridgehead atoms. The molecule has 118 valence electrons. The summed E-state index contributed by atoms with van der Waals surface area (Å²) in [5, 5.41) is 0.472. The number of thiophene rings is 1. The average molecular weight is 329 g/mol. The van der Waals surface area contributed by atoms with Crippen molar-refractivity contribution >= 4 is 33.1 Å². The molecule has 0 aliphatic carbocycles. The summed E-state index contributed by atoms with van der Waals surface area (Å²) in [6, 6.07) is 7.03. The van der Waals surface area contributed by atoms with Gasteiger partial charge in [-0.25, -0.2) is 4.98 Å². The Bertz CT molecular complexity index is 989. The van der Waals surface area contributed by atoms with E-state index in [4.69, 9.17) is 4.74 Å². The summed E-state index contributed by atoms with van der Waals surface area (Å²) in [7, 11) is 0. The Kier molecular flexibility index (Phi) is 3.04. The molecule has 4 rings (SSSR count). The number of rotatable bonds is 1. The highest BCUT2D eigenvalue weighted by Crippen LogP contribution is 2.28. The minimum Gasteiger partial charge on any atom is -0.359 e. The fourth-order valence-electron chi connectivity index (χ4n) is 2.76. The van der Waals surface area contributed by atoms with Crippen molar-refractivity contribution in [3.8, 4) is 0 Å². The molecule has 23 heavy (non-hydrogen) atoms. The van der Waals surface area contributed by atoms with E-state index in [1.165, 1.54) is 15.7 Å². The Balaban J connectivity index is 1.86. The molecule has 0 aromatic carbocycles. The van der Waals surface area contributed by atoms with Gasteiger partial charge < -0.3 is 9.64 Å². The van der Waals surface area contributed by atoms with E-state index in [0.29, 0.717) is 27.3 Å². The number of hydrogen-bond acceptors (Lipinski definition) is 5. The predicted molar refractivity (Wildman–Crippen MR) is 87.9 cm³/mol. The molecule has 7 heteroatoms. The molecule has 0 radical (unpaired) electrons. The average Bonchev–Trinajstić information content (AvgIpc) is 3.10. The molecular formula is C16H15N3O3S. The number of carbonyl (C=O) groups excluding carboxylic acids is 1. The van der Waals surface area contributed by atoms with E-state index in [2.05, 4.69) is 4.98 Å². The number of aromatic nitrogens is 2. The van der Waals surface area contributed by atoms with Gasteiger partial charge in [-0.3, -0.25) is 14.0 Å². The van der Waals surface area contributed by atoms with Crippen LogP contribution in [0.25, 0.3) is 15.9 Å². The maximum Gasteiger partial charge on any atom is 0.266 e. The number of pyridine rings is 1. The van der Waals surface area contributed by atoms with Gasteiger partial charge in [0.25, 0.3) is 11.5 Å². The van der Waals surface area contributed by atoms with Crippen LogP contribution in [0.1, 0.15) is 23.5 Å². The first kappa shape index (κ1) is 14.3. The van der Waals surface area contributed by atoms with Gasteiger partial charge in [-0.15, -0.1) is 11.3 Å². The van der Waals surface area contributed by atoms with E-state index < -0.39 is 0 Å². The highest BCUT2D eigenvalue weighted by atomic mass is 32.1. The lowest BCUT2D eigenvalue weighted by molar-refractivity contribution is 0.0610. The normalized spacial score (nSPS) is 17.2. The largest absolute Gasteiger partial charge is 0.359 e. The highest BCUT2D eigenvalue weighted by Gasteiger charge is 2.37. The smallest absolute Gasteiger partial charge is 0.266 e. The third-order valence-electron chi connectivity index (χ3n) is 4.08. The SMILES string of the molecule is CC1(C)COCN1C(=O)c1cc2c(=O)n3ccccc3nc2s1. The van der Waals surface area contributed by atoms with E-state index in [-0.39, 0.29) is 23.7 Å². The molecule has 0 N–H and O–H groups in total. The Morgan fingerprint density at radius 1 is 1.39 bits per heavy atom. The summed E-state index contributed by atoms with van der Waals surface area (Å²) in [4.78, 5) is 32.6. The number of fused-ring (bicyclic) bond motifs is 2. The van der Waals surface area contributed by atoms with Crippen molar-refractivity contribution in [1.29, 1.82) is 0 Å². The number of ether oxygens (including phenoxy) is 1. The molecule has 1 fully saturated rings. The summed E-state index contributed by atoms with van der Waals surface area (Å²) in [6.07, 6.45) is 1.68. The van der Waals surface area contributed by atoms with Crippen LogP contribution in [0, 0.1) is 0 Å². The first-order valence-electron chi connectivity index (χ1n) is 7.28. The van der Waals surface area contributed by atoms with Crippen LogP contribution in [0.4, 0.5) is 0 Å². The van der Waals surface area contributed by atoms with Gasteiger partial charge in [0, 0.05) is 6.20 Å². The Morgan fingerprint density at radius 2 is 2.22 bits per heavy atom. The lowest BCUT2D eigenvalue weighted by Crippen LogP contribution is -2.43. The van der Waals surface area contributed by atoms with Crippen LogP contribution in [0.2, 0.25) is 0 Å². The second-order valence-electron chi connectivity index (χ2n) is 6.20. The zero-order valence-electron chi connectivity index (χ0n) is 12.8. The predicted octanol–water partition coefficient (Wildman–Crippen LogP) is 2.12. The van der Waals surface area contributed by atoms with Crippen LogP contribution in [0.3, 0.4) is 0 Å². The van der Waals surface area contributed by atoms with E-state index in [0.717, 1.165) is 0 Å². The standard InChI is InChI=1S/C16H15N3O3S/c1-16(2)8-22-9-19(16)15(21)11-7-10-13(23-11)17-12-5-3-4-6-18(12)14(10)20/h3-7H,8-9H2,1-2H3. The molecule has 6 nitrogen and oxygen atoms in total. The summed E-state index contributed by atoms with van der Waals surface area (Å²) >= 11 is 1.25. The zero-order valence-corrected chi connectivity index (χ0v) is 13.6. The van der Waals surface area contributed by atoms with Crippen molar-refractivity contribution in [3.05, 3.63) is 45.7 Å². The first-order chi connectivity index (χ1) is 11.0. The van der Waals surface area contributed by atoms with E-state index in [1.54, 1.807) is 29.3 Å². The van der Waals surface area contributed by atoms with Crippen LogP contribution in [0.15, 0.2) is 35.3 Å². The van der Waals surface area contributed by atoms with Crippen molar-refractivity contribution in [2.75, 3.05) is 13.3 Å². The van der Waals surface area contributed by atoms with Gasteiger partial charge in [-0.05, 0) is 32.0 Å². The van der Waals surface area contributed by atoms with Crippen LogP contribution in [0.5, 0.6) is 0 Å². The van der Waals surface area contributed by atoms with Crippen LogP contribution in [-0.4, -0.2) is 39.1 Å². The van der Waals surface area contributed by atoms with Gasteiger partial charge in [-0.2, -0.15) is 0 Å². The van der Waals surface area contributed by atoms with Gasteiger partial charge in [-0.1, -0.05) is 6.07 Å². The fourth-order valence-corrected chi connectivity index (χ4v) is 3.74. The quantitative estimate of drug-likeness (QED) is 0.686. The minimum atomic E-state index is -0.347. The minimum absolute atomic E-state index is 0.121. The topological polar surface area (TPSA) is 63.9 Å². The van der Waals surface area contributed by atoms with E-state index in [9.17, 15) is 9.59 Å². The maximum absolute atomic E-state index is 12.8. The van der Waals surface area contributed by atoms with Crippen LogP contribution < -0.4 is 5.56 Å². The molecule has 1 amide bonds. The van der Waals surface area contributed by atoms with Crippen molar-refractivity contribution in [2.24, 2.45) is 0 Å². The summed E-state index contributed by atoms with van der Waals surface area (Å²) in [5.74, 6) is -0.121. The molecule has 1 aliphatic rings. The second-order valence-corrected chi connectivity index (χ2v) is 7.23. The molecule has 0 atom stereocenters. The van der Waals surface area contributed by atoms with Gasteiger partial charge in [0.2, 0.25) is 0 Å². The van der Waals surface area contributed by atoms with Gasteiger partial charge in [0.05, 0.1) is 22.4 Å². The van der Waals surface area contributed by atoms with E-state index in [1.807, 2.05) is 19.9 Å². The molecule has 1 saturated heterocycles. The Morgan fingerprint density at radius 3 is 2.96 bits per heavy atom. The highest BCUT2D eigenvalue weighted by molar-refractivity contribution is 7.20. The van der Waals surface area contributed by atoms with Crippen molar-refractivity contribution in [2.45, 2.75) is 19.4 Å². The van der Waals surface area contributed by atoms with Crippen molar-refractivity contribution < 1.29 is 9.53 Å². The molecule has 4 heterocycles. The zero-order chi connectivity index (χ0) is 16.2. The number of carbonyl (C=O) groups is 1. The maximum atomic E-state index is 12.8. The molecule has 0 spiro atoms. The lowest BCUT2D eigenvalue weighted by atomic mass is 10.1. The van der Waals surface area contributed by atoms with Crippen molar-refractivity contribution in [3.63, 3.8) is 0 Å². The Hall–Kier alpha value is -2.25. The van der Waals surface area contributed by atoms with Gasteiger partial charge >= 0.3 is 0 Å². The monoisotopic (exact) mass is 329 g/mol. The van der Waals surface area contributed by atoms with Crippen LogP contribution >= 0.6 is 11.3 Å². The molecule has 1 aliphatic heterocycles. The number of hydrogen-bond donors (Lipinski definition) is 0. The summed E-state index contributed by atoms with van der Waals surface area (Å²) in [5.41, 5.74) is 0.0778. The first-order valence-corrected chi connectivity index (χ1v) is 8.10. The number of nitrogens with zero attached hydrogens (tertiary/aromatic N) is 3. The molecule has 3 aromatic rings. The van der Waals surface area contributed by atoms with Crippen LogP contribution in [-0.2, 0) is 4.74 Å². The molecular weight excluding hydrogens is 314 g/mol. The summed E-state index contributed by atoms with van der Waals surface area (Å²) in [6.45, 7) is 4.71. The molecule has 0 saturated carbocycles. The molecule has 0 unspecified atom stereocenters. The van der Waals surface area contributed by atoms with Gasteiger partial charge in [0.15, 0.2) is 0 Å². The van der Waals surface area contributed by atoms with Crippen molar-refractivity contribution in [1.82, 2.24) is 14.3 Å². The van der Waals surface area contributed by atoms with Gasteiger partial charge in [0.1, 0.15) is 17.2 Å². The second kappa shape index (κ2) is 4.87. The third-order valence-corrected chi connectivity index (χ3v) is 5.10. The Labute approximate surface area is 135 Å². The fraction of sp³-hybridized carbons (Fsp3) is 0.312. The van der Waals surface area contributed by atoms with E-state index >= 15 is 0 Å².